The molecule has 1 fully saturated rings. The summed E-state index contributed by atoms with van der Waals surface area (Å²) in [5, 5.41) is 8.92. The van der Waals surface area contributed by atoms with E-state index in [9.17, 15) is 22.6 Å². The predicted octanol–water partition coefficient (Wildman–Crippen LogP) is 4.64. The molecule has 1 aliphatic carbocycles. The Morgan fingerprint density at radius 3 is 2.73 bits per heavy atom. The van der Waals surface area contributed by atoms with E-state index in [0.717, 1.165) is 28.0 Å². The Morgan fingerprint density at radius 1 is 1.15 bits per heavy atom. The van der Waals surface area contributed by atoms with Crippen LogP contribution in [0.25, 0.3) is 0 Å². The number of phosphoric ester groups is 1. The normalized spacial score (nSPS) is 20.3. The van der Waals surface area contributed by atoms with Gasteiger partial charge in [0, 0.05) is 34.5 Å². The summed E-state index contributed by atoms with van der Waals surface area (Å²) in [6.07, 6.45) is 2.67. The summed E-state index contributed by atoms with van der Waals surface area (Å²) in [5.41, 5.74) is 3.55. The fourth-order valence-corrected chi connectivity index (χ4v) is 8.20. The number of halogens is 1. The lowest BCUT2D eigenvalue weighted by atomic mass is 9.93. The van der Waals surface area contributed by atoms with Gasteiger partial charge in [0.1, 0.15) is 24.4 Å². The Balaban J connectivity index is 1.19. The molecule has 0 radical (unpaired) electrons. The maximum Gasteiger partial charge on any atom is 0.469 e. The van der Waals surface area contributed by atoms with Crippen molar-refractivity contribution in [3.8, 4) is 0 Å². The minimum atomic E-state index is -4.74. The summed E-state index contributed by atoms with van der Waals surface area (Å²) < 4.78 is 55.7. The Kier molecular flexibility index (Phi) is 11.6. The molecule has 6 rings (SSSR count). The first-order valence-electron chi connectivity index (χ1n) is 15.9. The van der Waals surface area contributed by atoms with Crippen LogP contribution in [0.15, 0.2) is 61.1 Å². The zero-order chi connectivity index (χ0) is 37.2. The molecule has 0 bridgehead atoms. The number of carbonyl (C=O) groups is 2. The number of ether oxygens (including phenoxy) is 2. The highest BCUT2D eigenvalue weighted by atomic mass is 35.5. The lowest BCUT2D eigenvalue weighted by molar-refractivity contribution is 0.0151. The van der Waals surface area contributed by atoms with Crippen LogP contribution in [0, 0.1) is 12.8 Å². The number of rotatable bonds is 13. The minimum absolute atomic E-state index is 0.0776. The van der Waals surface area contributed by atoms with Crippen LogP contribution < -0.4 is 10.5 Å². The summed E-state index contributed by atoms with van der Waals surface area (Å²) >= 11 is 7.64. The van der Waals surface area contributed by atoms with Crippen molar-refractivity contribution >= 4 is 58.6 Å². The van der Waals surface area contributed by atoms with Crippen molar-refractivity contribution in [3.63, 3.8) is 0 Å². The van der Waals surface area contributed by atoms with Crippen molar-refractivity contribution in [1.29, 1.82) is 0 Å². The van der Waals surface area contributed by atoms with Crippen molar-refractivity contribution in [2.75, 3.05) is 18.5 Å². The Labute approximate surface area is 307 Å². The van der Waals surface area contributed by atoms with Crippen molar-refractivity contribution in [2.24, 2.45) is 11.1 Å². The first kappa shape index (κ1) is 38.1. The molecular formula is C33H34ClN4O11PS2. The Hall–Kier alpha value is -3.61. The molecule has 0 spiro atoms. The highest BCUT2D eigenvalue weighted by Gasteiger charge is 2.39. The van der Waals surface area contributed by atoms with E-state index in [1.807, 2.05) is 31.2 Å². The molecule has 15 nitrogen and oxygen atoms in total. The Bertz CT molecular complexity index is 2150. The first-order valence-corrected chi connectivity index (χ1v) is 20.1. The number of nitrogens with one attached hydrogen (secondary N) is 1. The van der Waals surface area contributed by atoms with Crippen molar-refractivity contribution in [1.82, 2.24) is 9.97 Å². The van der Waals surface area contributed by atoms with Gasteiger partial charge < -0.3 is 24.6 Å². The Morgan fingerprint density at radius 2 is 1.96 bits per heavy atom. The van der Waals surface area contributed by atoms with Crippen LogP contribution in [-0.2, 0) is 46.1 Å². The number of phosphoric acid groups is 1. The standard InChI is InChI=1S/C33H34ClN4O11PS2/c1-18-25(31-26-11-23(34)6-5-20(26)7-8-46-31)13-29(51-18)30(39)27-14-36-17-37-32(27)38-24-10-22(16-48-52(35,44)45)28(12-24)49-33(40)21-4-2-3-19(9-21)15-47-50(41,42)43/h2-6,9,11,13-14,17,22,24,28,31H,7-8,10,12,15-16H2,1H3,(H2,35,44,45)(H,36,37,38)(H2,41,42,43)/t22?,24?,28?,31-/m0/s1. The van der Waals surface area contributed by atoms with Crippen LogP contribution in [0.4, 0.5) is 5.82 Å². The van der Waals surface area contributed by atoms with Gasteiger partial charge in [-0.05, 0) is 72.4 Å². The second-order valence-electron chi connectivity index (χ2n) is 12.3. The third kappa shape index (κ3) is 9.48. The van der Waals surface area contributed by atoms with E-state index in [4.69, 9.17) is 40.2 Å². The lowest BCUT2D eigenvalue weighted by Crippen LogP contribution is -2.28. The van der Waals surface area contributed by atoms with Crippen LogP contribution >= 0.6 is 30.8 Å². The molecule has 0 amide bonds. The van der Waals surface area contributed by atoms with Gasteiger partial charge >= 0.3 is 24.1 Å². The zero-order valence-corrected chi connectivity index (χ0v) is 30.8. The minimum Gasteiger partial charge on any atom is -0.458 e. The molecule has 4 atom stereocenters. The molecule has 5 N–H and O–H groups in total. The fourth-order valence-electron chi connectivity index (χ4n) is 6.33. The van der Waals surface area contributed by atoms with E-state index in [1.54, 1.807) is 0 Å². The van der Waals surface area contributed by atoms with Crippen LogP contribution in [-0.4, -0.2) is 65.3 Å². The number of fused-ring (bicyclic) bond motifs is 1. The van der Waals surface area contributed by atoms with Gasteiger partial charge in [0.25, 0.3) is 0 Å². The average Bonchev–Trinajstić information content (AvgIpc) is 3.67. The summed E-state index contributed by atoms with van der Waals surface area (Å²) in [6, 6.07) is 12.9. The number of thiophene rings is 1. The molecule has 19 heteroatoms. The monoisotopic (exact) mass is 792 g/mol. The highest BCUT2D eigenvalue weighted by Crippen LogP contribution is 2.40. The van der Waals surface area contributed by atoms with E-state index < -0.39 is 48.8 Å². The molecule has 3 heterocycles. The second-order valence-corrected chi connectivity index (χ2v) is 16.5. The quantitative estimate of drug-likeness (QED) is 0.0822. The molecule has 2 aliphatic rings. The van der Waals surface area contributed by atoms with E-state index in [2.05, 4.69) is 19.8 Å². The number of hydrogen-bond donors (Lipinski definition) is 4. The number of nitrogens with two attached hydrogens (primary N) is 1. The number of aryl methyl sites for hydroxylation is 1. The fraction of sp³-hybridized carbons (Fsp3) is 0.333. The third-order valence-corrected chi connectivity index (χ3v) is 10.9. The number of benzene rings is 2. The predicted molar refractivity (Wildman–Crippen MR) is 189 cm³/mol. The van der Waals surface area contributed by atoms with Crippen molar-refractivity contribution in [2.45, 2.75) is 51.0 Å². The van der Waals surface area contributed by atoms with Crippen molar-refractivity contribution < 1.29 is 50.5 Å². The molecule has 4 aromatic rings. The van der Waals surface area contributed by atoms with Crippen LogP contribution in [0.1, 0.15) is 71.7 Å². The van der Waals surface area contributed by atoms with Crippen LogP contribution in [0.5, 0.6) is 0 Å². The van der Waals surface area contributed by atoms with Gasteiger partial charge in [-0.25, -0.2) is 24.5 Å². The second kappa shape index (κ2) is 15.8. The van der Waals surface area contributed by atoms with Gasteiger partial charge in [-0.2, -0.15) is 8.42 Å². The van der Waals surface area contributed by atoms with Gasteiger partial charge in [-0.15, -0.1) is 11.3 Å². The first-order chi connectivity index (χ1) is 24.6. The zero-order valence-electron chi connectivity index (χ0n) is 27.5. The number of ketones is 1. The van der Waals surface area contributed by atoms with Gasteiger partial charge in [-0.3, -0.25) is 13.5 Å². The van der Waals surface area contributed by atoms with Gasteiger partial charge in [0.2, 0.25) is 5.78 Å². The molecular weight excluding hydrogens is 759 g/mol. The smallest absolute Gasteiger partial charge is 0.458 e. The molecule has 2 aromatic heterocycles. The summed E-state index contributed by atoms with van der Waals surface area (Å²) in [6.45, 7) is 1.63. The van der Waals surface area contributed by atoms with E-state index in [-0.39, 0.29) is 48.3 Å². The number of carbonyl (C=O) groups excluding carboxylic acids is 2. The molecule has 1 saturated carbocycles. The van der Waals surface area contributed by atoms with Crippen LogP contribution in [0.2, 0.25) is 5.02 Å². The number of aromatic nitrogens is 2. The van der Waals surface area contributed by atoms with Gasteiger partial charge in [-0.1, -0.05) is 29.8 Å². The number of hydrogen-bond acceptors (Lipinski definition) is 13. The van der Waals surface area contributed by atoms with E-state index in [1.165, 1.54) is 48.1 Å². The summed E-state index contributed by atoms with van der Waals surface area (Å²) in [7, 11) is -9.05. The van der Waals surface area contributed by atoms with Gasteiger partial charge in [0.05, 0.1) is 35.8 Å². The molecule has 2 aromatic carbocycles. The topological polar surface area (TPSA) is 227 Å². The number of nitrogens with zero attached hydrogens (tertiary/aromatic N) is 2. The van der Waals surface area contributed by atoms with E-state index in [0.29, 0.717) is 22.1 Å². The highest BCUT2D eigenvalue weighted by molar-refractivity contribution is 7.84. The summed E-state index contributed by atoms with van der Waals surface area (Å²) in [4.78, 5) is 55.0. The summed E-state index contributed by atoms with van der Waals surface area (Å²) in [5.74, 6) is -1.48. The SMILES string of the molecule is Cc1sc(C(=O)c2cncnc2NC2CC(COS(N)(=O)=O)C(OC(=O)c3cccc(COP(=O)(O)O)c3)C2)cc1[C@@H]1OCCc2ccc(Cl)cc21. The number of esters is 1. The van der Waals surface area contributed by atoms with E-state index >= 15 is 0 Å². The maximum absolute atomic E-state index is 14.0. The average molecular weight is 793 g/mol. The molecule has 3 unspecified atom stereocenters. The lowest BCUT2D eigenvalue weighted by Gasteiger charge is -2.26. The van der Waals surface area contributed by atoms with Crippen molar-refractivity contribution in [3.05, 3.63) is 109 Å². The maximum atomic E-state index is 14.0. The molecule has 0 saturated heterocycles. The molecule has 1 aliphatic heterocycles. The van der Waals surface area contributed by atoms with Crippen LogP contribution in [0.3, 0.4) is 0 Å². The number of anilines is 1. The molecule has 276 valence electrons. The largest absolute Gasteiger partial charge is 0.469 e. The third-order valence-electron chi connectivity index (χ3n) is 8.70. The van der Waals surface area contributed by atoms with Gasteiger partial charge in [0.15, 0.2) is 0 Å². The molecule has 52 heavy (non-hydrogen) atoms.